The summed E-state index contributed by atoms with van der Waals surface area (Å²) in [6, 6.07) is 30.5. The summed E-state index contributed by atoms with van der Waals surface area (Å²) in [5.74, 6) is 0.858. The van der Waals surface area contributed by atoms with E-state index in [1.807, 2.05) is 72.8 Å². The molecule has 0 saturated heterocycles. The van der Waals surface area contributed by atoms with Crippen molar-refractivity contribution >= 4 is 17.8 Å². The minimum atomic E-state index is -0.332. The molecule has 0 saturated carbocycles. The van der Waals surface area contributed by atoms with E-state index in [4.69, 9.17) is 14.2 Å². The maximum absolute atomic E-state index is 13.3. The van der Waals surface area contributed by atoms with E-state index in [0.29, 0.717) is 40.5 Å². The van der Waals surface area contributed by atoms with Crippen LogP contribution < -0.4 is 19.5 Å². The number of Topliss-reactive ketones (excluding diaryl/α,β-unsaturated/α-hetero) is 1. The highest BCUT2D eigenvalue weighted by atomic mass is 16.5. The van der Waals surface area contributed by atoms with Crippen molar-refractivity contribution < 1.29 is 23.8 Å². The zero-order valence-corrected chi connectivity index (χ0v) is 22.3. The SMILES string of the molecule is COc1cc(/C=C(\CC(=O)c2ccc(-c3ccccc3)cc2)C(=O)NCc2ccccc2)cc(OC)c1OC. The van der Waals surface area contributed by atoms with Gasteiger partial charge in [-0.15, -0.1) is 0 Å². The maximum atomic E-state index is 13.3. The molecular weight excluding hydrogens is 490 g/mol. The second-order valence-electron chi connectivity index (χ2n) is 8.84. The third kappa shape index (κ3) is 6.93. The Labute approximate surface area is 228 Å². The monoisotopic (exact) mass is 521 g/mol. The Kier molecular flexibility index (Phi) is 9.14. The third-order valence-corrected chi connectivity index (χ3v) is 6.28. The van der Waals surface area contributed by atoms with Crippen LogP contribution in [0.15, 0.2) is 103 Å². The van der Waals surface area contributed by atoms with Crippen molar-refractivity contribution in [3.05, 3.63) is 119 Å². The molecule has 198 valence electrons. The molecule has 4 aromatic carbocycles. The molecule has 0 aliphatic carbocycles. The molecule has 4 aromatic rings. The standard InChI is InChI=1S/C33H31NO5/c1-37-30-19-24(20-31(38-2)32(30)39-3)18-28(33(36)34-22-23-10-6-4-7-11-23)21-29(35)27-16-14-26(15-17-27)25-12-8-5-9-13-25/h4-20H,21-22H2,1-3H3,(H,34,36)/b28-18+. The van der Waals surface area contributed by atoms with Crippen LogP contribution in [-0.4, -0.2) is 33.0 Å². The maximum Gasteiger partial charge on any atom is 0.247 e. The first-order valence-corrected chi connectivity index (χ1v) is 12.5. The molecule has 0 radical (unpaired) electrons. The lowest BCUT2D eigenvalue weighted by Gasteiger charge is -2.14. The van der Waals surface area contributed by atoms with Crippen molar-refractivity contribution in [3.63, 3.8) is 0 Å². The predicted octanol–water partition coefficient (Wildman–Crippen LogP) is 6.35. The van der Waals surface area contributed by atoms with Gasteiger partial charge in [0.25, 0.3) is 0 Å². The number of hydrogen-bond acceptors (Lipinski definition) is 5. The van der Waals surface area contributed by atoms with Gasteiger partial charge < -0.3 is 19.5 Å². The molecule has 1 N–H and O–H groups in total. The van der Waals surface area contributed by atoms with Crippen molar-refractivity contribution in [2.75, 3.05) is 21.3 Å². The van der Waals surface area contributed by atoms with Gasteiger partial charge in [-0.2, -0.15) is 0 Å². The molecule has 0 unspecified atom stereocenters. The van der Waals surface area contributed by atoms with Crippen molar-refractivity contribution in [1.82, 2.24) is 5.32 Å². The molecule has 4 rings (SSSR count). The van der Waals surface area contributed by atoms with Gasteiger partial charge in [0, 0.05) is 24.1 Å². The second-order valence-corrected chi connectivity index (χ2v) is 8.84. The summed E-state index contributed by atoms with van der Waals surface area (Å²) < 4.78 is 16.3. The average molecular weight is 522 g/mol. The van der Waals surface area contributed by atoms with Gasteiger partial charge >= 0.3 is 0 Å². The summed E-state index contributed by atoms with van der Waals surface area (Å²) in [6.45, 7) is 0.340. The van der Waals surface area contributed by atoms with Gasteiger partial charge in [0.15, 0.2) is 17.3 Å². The summed E-state index contributed by atoms with van der Waals surface area (Å²) in [5.41, 5.74) is 4.53. The normalized spacial score (nSPS) is 11.0. The van der Waals surface area contributed by atoms with Crippen LogP contribution in [-0.2, 0) is 11.3 Å². The number of ketones is 1. The first kappa shape index (κ1) is 27.2. The Morgan fingerprint density at radius 1 is 0.718 bits per heavy atom. The van der Waals surface area contributed by atoms with Crippen LogP contribution in [0.25, 0.3) is 17.2 Å². The minimum Gasteiger partial charge on any atom is -0.493 e. The van der Waals surface area contributed by atoms with Gasteiger partial charge in [0.1, 0.15) is 0 Å². The van der Waals surface area contributed by atoms with Crippen molar-refractivity contribution in [2.24, 2.45) is 0 Å². The molecule has 0 fully saturated rings. The average Bonchev–Trinajstić information content (AvgIpc) is 2.99. The number of ether oxygens (including phenoxy) is 3. The number of nitrogens with one attached hydrogen (secondary N) is 1. The summed E-state index contributed by atoms with van der Waals surface area (Å²) in [5, 5.41) is 2.94. The highest BCUT2D eigenvalue weighted by molar-refractivity contribution is 6.07. The van der Waals surface area contributed by atoms with Crippen molar-refractivity contribution in [3.8, 4) is 28.4 Å². The third-order valence-electron chi connectivity index (χ3n) is 6.28. The summed E-state index contributed by atoms with van der Waals surface area (Å²) in [6.07, 6.45) is 1.60. The molecular formula is C33H31NO5. The van der Waals surface area contributed by atoms with E-state index in [1.165, 1.54) is 21.3 Å². The predicted molar refractivity (Wildman–Crippen MR) is 153 cm³/mol. The number of carbonyl (C=O) groups is 2. The Hall–Kier alpha value is -4.84. The number of carbonyl (C=O) groups excluding carboxylic acids is 2. The van der Waals surface area contributed by atoms with E-state index < -0.39 is 0 Å². The zero-order valence-electron chi connectivity index (χ0n) is 22.3. The van der Waals surface area contributed by atoms with Gasteiger partial charge in [-0.25, -0.2) is 0 Å². The largest absolute Gasteiger partial charge is 0.493 e. The Bertz CT molecular complexity index is 1420. The van der Waals surface area contributed by atoms with Gasteiger partial charge in [0.2, 0.25) is 11.7 Å². The molecule has 0 atom stereocenters. The molecule has 0 heterocycles. The van der Waals surface area contributed by atoms with E-state index in [1.54, 1.807) is 30.3 Å². The molecule has 0 bridgehead atoms. The van der Waals surface area contributed by atoms with Gasteiger partial charge in [-0.3, -0.25) is 9.59 Å². The van der Waals surface area contributed by atoms with Crippen LogP contribution in [0.2, 0.25) is 0 Å². The lowest BCUT2D eigenvalue weighted by molar-refractivity contribution is -0.117. The Morgan fingerprint density at radius 3 is 1.85 bits per heavy atom. The number of methoxy groups -OCH3 is 3. The first-order valence-electron chi connectivity index (χ1n) is 12.5. The lowest BCUT2D eigenvalue weighted by Crippen LogP contribution is -2.25. The van der Waals surface area contributed by atoms with Crippen LogP contribution in [0.4, 0.5) is 0 Å². The van der Waals surface area contributed by atoms with E-state index in [9.17, 15) is 9.59 Å². The van der Waals surface area contributed by atoms with E-state index >= 15 is 0 Å². The molecule has 6 heteroatoms. The highest BCUT2D eigenvalue weighted by Gasteiger charge is 2.18. The Morgan fingerprint density at radius 2 is 1.28 bits per heavy atom. The quantitative estimate of drug-likeness (QED) is 0.184. The molecule has 1 amide bonds. The zero-order chi connectivity index (χ0) is 27.6. The van der Waals surface area contributed by atoms with Crippen LogP contribution in [0.3, 0.4) is 0 Å². The van der Waals surface area contributed by atoms with E-state index in [2.05, 4.69) is 5.32 Å². The summed E-state index contributed by atoms with van der Waals surface area (Å²) in [4.78, 5) is 26.7. The molecule has 0 aliphatic heterocycles. The number of benzene rings is 4. The van der Waals surface area contributed by atoms with Crippen LogP contribution in [0, 0.1) is 0 Å². The minimum absolute atomic E-state index is 0.0814. The van der Waals surface area contributed by atoms with Crippen molar-refractivity contribution in [2.45, 2.75) is 13.0 Å². The fourth-order valence-electron chi connectivity index (χ4n) is 4.23. The first-order chi connectivity index (χ1) is 19.0. The van der Waals surface area contributed by atoms with Gasteiger partial charge in [0.05, 0.1) is 21.3 Å². The molecule has 39 heavy (non-hydrogen) atoms. The smallest absolute Gasteiger partial charge is 0.247 e. The fourth-order valence-corrected chi connectivity index (χ4v) is 4.23. The lowest BCUT2D eigenvalue weighted by atomic mass is 9.98. The highest BCUT2D eigenvalue weighted by Crippen LogP contribution is 2.39. The van der Waals surface area contributed by atoms with Gasteiger partial charge in [-0.1, -0.05) is 84.9 Å². The Balaban J connectivity index is 1.62. The number of amides is 1. The van der Waals surface area contributed by atoms with Crippen LogP contribution in [0.1, 0.15) is 27.9 Å². The van der Waals surface area contributed by atoms with Gasteiger partial charge in [-0.05, 0) is 40.5 Å². The van der Waals surface area contributed by atoms with Crippen LogP contribution in [0.5, 0.6) is 17.2 Å². The fraction of sp³-hybridized carbons (Fsp3) is 0.152. The topological polar surface area (TPSA) is 73.9 Å². The summed E-state index contributed by atoms with van der Waals surface area (Å²) in [7, 11) is 4.59. The summed E-state index contributed by atoms with van der Waals surface area (Å²) >= 11 is 0. The molecule has 6 nitrogen and oxygen atoms in total. The molecule has 0 aliphatic rings. The second kappa shape index (κ2) is 13.1. The molecule has 0 aromatic heterocycles. The van der Waals surface area contributed by atoms with Crippen LogP contribution >= 0.6 is 0 Å². The van der Waals surface area contributed by atoms with E-state index in [0.717, 1.165) is 16.7 Å². The molecule has 0 spiro atoms. The number of hydrogen-bond donors (Lipinski definition) is 1. The van der Waals surface area contributed by atoms with Crippen molar-refractivity contribution in [1.29, 1.82) is 0 Å². The van der Waals surface area contributed by atoms with E-state index in [-0.39, 0.29) is 18.1 Å². The number of rotatable bonds is 11.